The first-order chi connectivity index (χ1) is 12.2. The first-order valence-electron chi connectivity index (χ1n) is 8.68. The van der Waals surface area contributed by atoms with E-state index in [1.165, 1.54) is 5.56 Å². The van der Waals surface area contributed by atoms with Crippen LogP contribution in [0.1, 0.15) is 17.7 Å². The molecule has 2 aromatic rings. The number of benzene rings is 1. The van der Waals surface area contributed by atoms with E-state index in [0.717, 1.165) is 26.1 Å². The van der Waals surface area contributed by atoms with Crippen LogP contribution in [0.5, 0.6) is 0 Å². The van der Waals surface area contributed by atoms with Crippen LogP contribution in [0.25, 0.3) is 0 Å². The van der Waals surface area contributed by atoms with Crippen molar-refractivity contribution in [1.29, 1.82) is 0 Å². The number of nitrogens with zero attached hydrogens (tertiary/aromatic N) is 1. The van der Waals surface area contributed by atoms with Gasteiger partial charge in [0.1, 0.15) is 5.76 Å². The van der Waals surface area contributed by atoms with Gasteiger partial charge in [-0.25, -0.2) is 4.79 Å². The van der Waals surface area contributed by atoms with Crippen molar-refractivity contribution in [2.45, 2.75) is 25.6 Å². The fourth-order valence-corrected chi connectivity index (χ4v) is 3.24. The van der Waals surface area contributed by atoms with Crippen LogP contribution >= 0.6 is 0 Å². The predicted octanol–water partition coefficient (Wildman–Crippen LogP) is 1.96. The Balaban J connectivity index is 1.52. The number of hydrogen-bond acceptors (Lipinski definition) is 4. The maximum absolute atomic E-state index is 12.2. The van der Waals surface area contributed by atoms with Crippen LogP contribution in [0.2, 0.25) is 0 Å². The molecule has 1 saturated heterocycles. The van der Waals surface area contributed by atoms with E-state index in [-0.39, 0.29) is 24.6 Å². The van der Waals surface area contributed by atoms with Gasteiger partial charge in [-0.15, -0.1) is 0 Å². The summed E-state index contributed by atoms with van der Waals surface area (Å²) in [6.07, 6.45) is 2.45. The van der Waals surface area contributed by atoms with Gasteiger partial charge in [-0.1, -0.05) is 30.3 Å². The molecule has 134 valence electrons. The van der Waals surface area contributed by atoms with Gasteiger partial charge in [0.05, 0.1) is 12.8 Å². The zero-order valence-electron chi connectivity index (χ0n) is 14.2. The second-order valence-electron chi connectivity index (χ2n) is 6.46. The summed E-state index contributed by atoms with van der Waals surface area (Å²) >= 11 is 0. The number of rotatable bonds is 6. The molecule has 0 bridgehead atoms. The van der Waals surface area contributed by atoms with Gasteiger partial charge < -0.3 is 20.2 Å². The molecule has 0 spiro atoms. The lowest BCUT2D eigenvalue weighted by Crippen LogP contribution is -2.55. The van der Waals surface area contributed by atoms with Gasteiger partial charge in [0.2, 0.25) is 0 Å². The quantitative estimate of drug-likeness (QED) is 0.749. The number of furan rings is 1. The molecule has 1 aliphatic heterocycles. The zero-order chi connectivity index (χ0) is 17.5. The summed E-state index contributed by atoms with van der Waals surface area (Å²) in [7, 11) is 0. The largest absolute Gasteiger partial charge is 0.467 e. The van der Waals surface area contributed by atoms with Crippen molar-refractivity contribution in [1.82, 2.24) is 15.5 Å². The van der Waals surface area contributed by atoms with E-state index in [1.807, 2.05) is 24.3 Å². The summed E-state index contributed by atoms with van der Waals surface area (Å²) in [5.41, 5.74) is 1.26. The SMILES string of the molecule is O=C(NCc1ccco1)N[C@@H]1CN(Cc2ccccc2)CC[C@@H]1CO. The Morgan fingerprint density at radius 2 is 2.08 bits per heavy atom. The molecule has 1 aromatic heterocycles. The summed E-state index contributed by atoms with van der Waals surface area (Å²) < 4.78 is 5.21. The van der Waals surface area contributed by atoms with Crippen LogP contribution in [0, 0.1) is 5.92 Å². The van der Waals surface area contributed by atoms with Crippen LogP contribution < -0.4 is 10.6 Å². The van der Waals surface area contributed by atoms with Gasteiger partial charge >= 0.3 is 6.03 Å². The smallest absolute Gasteiger partial charge is 0.315 e. The van der Waals surface area contributed by atoms with Gasteiger partial charge in [-0.2, -0.15) is 0 Å². The molecule has 3 N–H and O–H groups in total. The van der Waals surface area contributed by atoms with Crippen molar-refractivity contribution in [2.24, 2.45) is 5.92 Å². The number of hydrogen-bond donors (Lipinski definition) is 3. The summed E-state index contributed by atoms with van der Waals surface area (Å²) in [4.78, 5) is 14.5. The number of nitrogens with one attached hydrogen (secondary N) is 2. The Hall–Kier alpha value is -2.31. The zero-order valence-corrected chi connectivity index (χ0v) is 14.2. The molecule has 2 atom stereocenters. The lowest BCUT2D eigenvalue weighted by molar-refractivity contribution is 0.0946. The molecule has 0 aliphatic carbocycles. The molecule has 6 heteroatoms. The number of urea groups is 1. The molecule has 25 heavy (non-hydrogen) atoms. The summed E-state index contributed by atoms with van der Waals surface area (Å²) in [6.45, 7) is 2.94. The minimum absolute atomic E-state index is 0.0703. The van der Waals surface area contributed by atoms with Crippen LogP contribution in [-0.4, -0.2) is 41.8 Å². The van der Waals surface area contributed by atoms with E-state index in [4.69, 9.17) is 4.42 Å². The minimum atomic E-state index is -0.235. The van der Waals surface area contributed by atoms with Crippen molar-refractivity contribution in [3.05, 3.63) is 60.1 Å². The monoisotopic (exact) mass is 343 g/mol. The van der Waals surface area contributed by atoms with Crippen LogP contribution in [-0.2, 0) is 13.1 Å². The second-order valence-corrected chi connectivity index (χ2v) is 6.46. The Labute approximate surface area is 147 Å². The number of carbonyl (C=O) groups excluding carboxylic acids is 1. The standard InChI is InChI=1S/C19H25N3O3/c23-14-16-8-9-22(12-15-5-2-1-3-6-15)13-18(16)21-19(24)20-11-17-7-4-10-25-17/h1-7,10,16,18,23H,8-9,11-14H2,(H2,20,21,24)/t16-,18-/m1/s1. The summed E-state index contributed by atoms with van der Waals surface area (Å²) in [6, 6.07) is 13.6. The number of piperidine rings is 1. The van der Waals surface area contributed by atoms with Gasteiger partial charge in [0, 0.05) is 31.7 Å². The van der Waals surface area contributed by atoms with Crippen molar-refractivity contribution in [3.8, 4) is 0 Å². The molecule has 0 radical (unpaired) electrons. The molecule has 0 saturated carbocycles. The lowest BCUT2D eigenvalue weighted by Gasteiger charge is -2.38. The number of carbonyl (C=O) groups is 1. The summed E-state index contributed by atoms with van der Waals surface area (Å²) in [5, 5.41) is 15.4. The van der Waals surface area contributed by atoms with Crippen molar-refractivity contribution < 1.29 is 14.3 Å². The van der Waals surface area contributed by atoms with E-state index in [1.54, 1.807) is 12.3 Å². The average molecular weight is 343 g/mol. The van der Waals surface area contributed by atoms with Gasteiger partial charge in [-0.3, -0.25) is 4.90 Å². The van der Waals surface area contributed by atoms with Crippen molar-refractivity contribution in [2.75, 3.05) is 19.7 Å². The first kappa shape index (κ1) is 17.5. The van der Waals surface area contributed by atoms with E-state index >= 15 is 0 Å². The third-order valence-corrected chi connectivity index (χ3v) is 4.64. The highest BCUT2D eigenvalue weighted by atomic mass is 16.3. The highest BCUT2D eigenvalue weighted by molar-refractivity contribution is 5.74. The van der Waals surface area contributed by atoms with Gasteiger partial charge in [0.25, 0.3) is 0 Å². The number of aliphatic hydroxyl groups excluding tert-OH is 1. The Kier molecular flexibility index (Phi) is 6.09. The van der Waals surface area contributed by atoms with Gasteiger partial charge in [0.15, 0.2) is 0 Å². The molecule has 2 heterocycles. The fourth-order valence-electron chi connectivity index (χ4n) is 3.24. The molecule has 2 amide bonds. The molecule has 0 unspecified atom stereocenters. The molecule has 1 aromatic carbocycles. The van der Waals surface area contributed by atoms with Crippen molar-refractivity contribution in [3.63, 3.8) is 0 Å². The Morgan fingerprint density at radius 1 is 1.24 bits per heavy atom. The summed E-state index contributed by atoms with van der Waals surface area (Å²) in [5.74, 6) is 0.796. The molecular formula is C19H25N3O3. The fraction of sp³-hybridized carbons (Fsp3) is 0.421. The van der Waals surface area contributed by atoms with E-state index < -0.39 is 0 Å². The molecule has 1 aliphatic rings. The third kappa shape index (κ3) is 5.08. The number of aliphatic hydroxyl groups is 1. The number of likely N-dealkylation sites (tertiary alicyclic amines) is 1. The molecular weight excluding hydrogens is 318 g/mol. The van der Waals surface area contributed by atoms with Crippen LogP contribution in [0.4, 0.5) is 4.79 Å². The predicted molar refractivity (Wildman–Crippen MR) is 94.8 cm³/mol. The minimum Gasteiger partial charge on any atom is -0.467 e. The normalized spacial score (nSPS) is 21.0. The molecule has 1 fully saturated rings. The molecule has 3 rings (SSSR count). The van der Waals surface area contributed by atoms with Crippen LogP contribution in [0.15, 0.2) is 53.1 Å². The van der Waals surface area contributed by atoms with E-state index in [9.17, 15) is 9.90 Å². The lowest BCUT2D eigenvalue weighted by atomic mass is 9.92. The average Bonchev–Trinajstić information content (AvgIpc) is 3.15. The molecule has 6 nitrogen and oxygen atoms in total. The second kappa shape index (κ2) is 8.69. The van der Waals surface area contributed by atoms with Crippen LogP contribution in [0.3, 0.4) is 0 Å². The maximum atomic E-state index is 12.2. The van der Waals surface area contributed by atoms with Gasteiger partial charge in [-0.05, 0) is 30.7 Å². The highest BCUT2D eigenvalue weighted by Crippen LogP contribution is 2.19. The Bertz CT molecular complexity index is 645. The highest BCUT2D eigenvalue weighted by Gasteiger charge is 2.29. The van der Waals surface area contributed by atoms with E-state index in [0.29, 0.717) is 12.3 Å². The first-order valence-corrected chi connectivity index (χ1v) is 8.68. The number of amides is 2. The van der Waals surface area contributed by atoms with Crippen molar-refractivity contribution >= 4 is 6.03 Å². The maximum Gasteiger partial charge on any atom is 0.315 e. The Morgan fingerprint density at radius 3 is 2.80 bits per heavy atom. The topological polar surface area (TPSA) is 77.7 Å². The van der Waals surface area contributed by atoms with E-state index in [2.05, 4.69) is 27.7 Å². The third-order valence-electron chi connectivity index (χ3n) is 4.64.